The third-order valence-electron chi connectivity index (χ3n) is 4.75. The van der Waals surface area contributed by atoms with Crippen LogP contribution in [-0.2, 0) is 19.6 Å². The highest BCUT2D eigenvalue weighted by molar-refractivity contribution is 7.91. The lowest BCUT2D eigenvalue weighted by Crippen LogP contribution is -2.49. The first-order valence-corrected chi connectivity index (χ1v) is 12.5. The van der Waals surface area contributed by atoms with Crippen LogP contribution in [0.15, 0.2) is 39.9 Å². The molecule has 8 nitrogen and oxygen atoms in total. The molecule has 1 saturated heterocycles. The molecule has 0 spiro atoms. The Hall–Kier alpha value is -2.34. The van der Waals surface area contributed by atoms with E-state index in [1.54, 1.807) is 35.7 Å². The number of carbonyl (C=O) groups is 2. The van der Waals surface area contributed by atoms with Crippen LogP contribution < -0.4 is 10.6 Å². The van der Waals surface area contributed by atoms with Crippen molar-refractivity contribution in [2.75, 3.05) is 17.2 Å². The number of rotatable bonds is 5. The fourth-order valence-corrected chi connectivity index (χ4v) is 7.11. The quantitative estimate of drug-likeness (QED) is 0.601. The SMILES string of the molecule is CC(=O)Nc1ccc2nc(NC(=O)C3CCCCN3S(=O)(=O)c3cccs3)sc2c1. The number of fused-ring (bicyclic) bond motifs is 1. The Kier molecular flexibility index (Phi) is 5.87. The first-order valence-electron chi connectivity index (χ1n) is 9.39. The zero-order valence-corrected chi connectivity index (χ0v) is 18.6. The highest BCUT2D eigenvalue weighted by Gasteiger charge is 2.38. The summed E-state index contributed by atoms with van der Waals surface area (Å²) in [5, 5.41) is 7.61. The number of thiazole rings is 1. The first-order chi connectivity index (χ1) is 14.3. The molecule has 158 valence electrons. The van der Waals surface area contributed by atoms with Gasteiger partial charge in [-0.2, -0.15) is 4.31 Å². The van der Waals surface area contributed by atoms with Gasteiger partial charge in [-0.1, -0.05) is 23.8 Å². The predicted molar refractivity (Wildman–Crippen MR) is 118 cm³/mol. The number of amides is 2. The van der Waals surface area contributed by atoms with E-state index in [1.165, 1.54) is 22.6 Å². The minimum Gasteiger partial charge on any atom is -0.326 e. The number of nitrogens with one attached hydrogen (secondary N) is 2. The highest BCUT2D eigenvalue weighted by Crippen LogP contribution is 2.31. The molecule has 2 N–H and O–H groups in total. The molecule has 30 heavy (non-hydrogen) atoms. The van der Waals surface area contributed by atoms with Crippen LogP contribution in [-0.4, -0.2) is 42.1 Å². The Morgan fingerprint density at radius 2 is 2.03 bits per heavy atom. The molecule has 1 aliphatic rings. The fraction of sp³-hybridized carbons (Fsp3) is 0.316. The summed E-state index contributed by atoms with van der Waals surface area (Å²) in [7, 11) is -3.71. The molecular formula is C19H20N4O4S3. The van der Waals surface area contributed by atoms with Crippen LogP contribution in [0.3, 0.4) is 0 Å². The molecule has 3 heterocycles. The summed E-state index contributed by atoms with van der Waals surface area (Å²) in [6.07, 6.45) is 1.98. The number of anilines is 2. The van der Waals surface area contributed by atoms with Crippen LogP contribution in [0.5, 0.6) is 0 Å². The molecule has 4 rings (SSSR count). The number of benzene rings is 1. The van der Waals surface area contributed by atoms with E-state index < -0.39 is 16.1 Å². The van der Waals surface area contributed by atoms with Crippen molar-refractivity contribution < 1.29 is 18.0 Å². The average Bonchev–Trinajstić information content (AvgIpc) is 3.37. The van der Waals surface area contributed by atoms with E-state index in [0.29, 0.717) is 29.3 Å². The number of hydrogen-bond donors (Lipinski definition) is 2. The Labute approximate surface area is 182 Å². The zero-order chi connectivity index (χ0) is 21.3. The van der Waals surface area contributed by atoms with Crippen molar-refractivity contribution in [1.29, 1.82) is 0 Å². The molecule has 1 aromatic carbocycles. The summed E-state index contributed by atoms with van der Waals surface area (Å²) in [6, 6.07) is 7.77. The largest absolute Gasteiger partial charge is 0.326 e. The Balaban J connectivity index is 1.55. The van der Waals surface area contributed by atoms with Gasteiger partial charge in [0.1, 0.15) is 10.3 Å². The second-order valence-corrected chi connectivity index (χ2v) is 11.0. The summed E-state index contributed by atoms with van der Waals surface area (Å²) in [6.45, 7) is 1.75. The molecular weight excluding hydrogens is 444 g/mol. The van der Waals surface area contributed by atoms with E-state index in [2.05, 4.69) is 15.6 Å². The van der Waals surface area contributed by atoms with Crippen molar-refractivity contribution in [3.05, 3.63) is 35.7 Å². The normalized spacial score (nSPS) is 17.7. The van der Waals surface area contributed by atoms with Gasteiger partial charge >= 0.3 is 0 Å². The number of hydrogen-bond acceptors (Lipinski definition) is 7. The van der Waals surface area contributed by atoms with E-state index in [1.807, 2.05) is 0 Å². The molecule has 0 aliphatic carbocycles. The van der Waals surface area contributed by atoms with E-state index >= 15 is 0 Å². The van der Waals surface area contributed by atoms with Crippen molar-refractivity contribution in [2.45, 2.75) is 36.4 Å². The summed E-state index contributed by atoms with van der Waals surface area (Å²) >= 11 is 2.43. The van der Waals surface area contributed by atoms with Gasteiger partial charge in [-0.3, -0.25) is 9.59 Å². The molecule has 1 unspecified atom stereocenters. The van der Waals surface area contributed by atoms with E-state index in [-0.39, 0.29) is 16.0 Å². The highest BCUT2D eigenvalue weighted by atomic mass is 32.2. The number of nitrogens with zero attached hydrogens (tertiary/aromatic N) is 2. The third kappa shape index (κ3) is 4.24. The number of piperidine rings is 1. The van der Waals surface area contributed by atoms with Crippen LogP contribution >= 0.6 is 22.7 Å². The van der Waals surface area contributed by atoms with Gasteiger partial charge in [-0.25, -0.2) is 13.4 Å². The summed E-state index contributed by atoms with van der Waals surface area (Å²) in [5.41, 5.74) is 1.34. The molecule has 0 bridgehead atoms. The maximum atomic E-state index is 13.0. The van der Waals surface area contributed by atoms with Crippen LogP contribution in [0, 0.1) is 0 Å². The molecule has 1 atom stereocenters. The monoisotopic (exact) mass is 464 g/mol. The van der Waals surface area contributed by atoms with Gasteiger partial charge in [-0.05, 0) is 42.5 Å². The number of thiophene rings is 1. The van der Waals surface area contributed by atoms with Gasteiger partial charge in [0.2, 0.25) is 11.8 Å². The molecule has 11 heteroatoms. The van der Waals surface area contributed by atoms with Gasteiger partial charge in [-0.15, -0.1) is 11.3 Å². The number of carbonyl (C=O) groups excluding carboxylic acids is 2. The molecule has 2 aromatic heterocycles. The van der Waals surface area contributed by atoms with Crippen molar-refractivity contribution in [2.24, 2.45) is 0 Å². The maximum Gasteiger partial charge on any atom is 0.253 e. The van der Waals surface area contributed by atoms with Crippen LogP contribution in [0.1, 0.15) is 26.2 Å². The zero-order valence-electron chi connectivity index (χ0n) is 16.1. The molecule has 1 aliphatic heterocycles. The standard InChI is InChI=1S/C19H20N4O4S3/c1-12(24)20-13-7-8-14-16(11-13)29-19(21-14)22-18(25)15-5-2-3-9-23(15)30(26,27)17-6-4-10-28-17/h4,6-8,10-11,15H,2-3,5,9H2,1H3,(H,20,24)(H,21,22,25). The Morgan fingerprint density at radius 3 is 2.77 bits per heavy atom. The van der Waals surface area contributed by atoms with Crippen molar-refractivity contribution in [1.82, 2.24) is 9.29 Å². The Bertz CT molecular complexity index is 1190. The minimum atomic E-state index is -3.71. The van der Waals surface area contributed by atoms with Crippen LogP contribution in [0.4, 0.5) is 10.8 Å². The lowest BCUT2D eigenvalue weighted by Gasteiger charge is -2.32. The molecule has 0 radical (unpaired) electrons. The van der Waals surface area contributed by atoms with Gasteiger partial charge < -0.3 is 10.6 Å². The van der Waals surface area contributed by atoms with E-state index in [4.69, 9.17) is 0 Å². The minimum absolute atomic E-state index is 0.170. The first kappa shape index (κ1) is 20.9. The van der Waals surface area contributed by atoms with E-state index in [9.17, 15) is 18.0 Å². The van der Waals surface area contributed by atoms with Crippen LogP contribution in [0.2, 0.25) is 0 Å². The lowest BCUT2D eigenvalue weighted by atomic mass is 10.0. The Morgan fingerprint density at radius 1 is 1.20 bits per heavy atom. The topological polar surface area (TPSA) is 108 Å². The van der Waals surface area contributed by atoms with Gasteiger partial charge in [0.05, 0.1) is 10.2 Å². The smallest absolute Gasteiger partial charge is 0.253 e. The van der Waals surface area contributed by atoms with Crippen molar-refractivity contribution in [3.8, 4) is 0 Å². The molecule has 0 saturated carbocycles. The molecule has 3 aromatic rings. The number of sulfonamides is 1. The summed E-state index contributed by atoms with van der Waals surface area (Å²) in [4.78, 5) is 28.6. The van der Waals surface area contributed by atoms with E-state index in [0.717, 1.165) is 28.9 Å². The second kappa shape index (κ2) is 8.42. The van der Waals surface area contributed by atoms with Gasteiger partial charge in [0, 0.05) is 19.2 Å². The summed E-state index contributed by atoms with van der Waals surface area (Å²) < 4.78 is 28.3. The van der Waals surface area contributed by atoms with Gasteiger partial charge in [0.25, 0.3) is 10.0 Å². The number of aromatic nitrogens is 1. The summed E-state index contributed by atoms with van der Waals surface area (Å²) in [5.74, 6) is -0.548. The van der Waals surface area contributed by atoms with Crippen LogP contribution in [0.25, 0.3) is 10.2 Å². The maximum absolute atomic E-state index is 13.0. The van der Waals surface area contributed by atoms with Crippen molar-refractivity contribution in [3.63, 3.8) is 0 Å². The molecule has 2 amide bonds. The van der Waals surface area contributed by atoms with Gasteiger partial charge in [0.15, 0.2) is 5.13 Å². The average molecular weight is 465 g/mol. The van der Waals surface area contributed by atoms with Crippen molar-refractivity contribution >= 4 is 65.5 Å². The molecule has 1 fully saturated rings. The lowest BCUT2D eigenvalue weighted by molar-refractivity contribution is -0.120. The third-order valence-corrected chi connectivity index (χ3v) is 8.97. The second-order valence-electron chi connectivity index (χ2n) is 6.93. The predicted octanol–water partition coefficient (Wildman–Crippen LogP) is 3.50. The fourth-order valence-electron chi connectivity index (χ4n) is 3.43.